The van der Waals surface area contributed by atoms with Crippen LogP contribution in [0.15, 0.2) is 66.7 Å². The average molecular weight is 559 g/mol. The summed E-state index contributed by atoms with van der Waals surface area (Å²) in [6.45, 7) is 3.43. The molecule has 0 saturated carbocycles. The number of benzene rings is 3. The second-order valence-corrected chi connectivity index (χ2v) is 11.9. The monoisotopic (exact) mass is 558 g/mol. The Morgan fingerprint density at radius 1 is 0.868 bits per heavy atom. The number of hydrogen-bond donors (Lipinski definition) is 4. The summed E-state index contributed by atoms with van der Waals surface area (Å²) in [5.74, 6) is -0.0298. The molecule has 0 atom stereocenters. The molecule has 0 fully saturated rings. The molecule has 1 aromatic heterocycles. The lowest BCUT2D eigenvalue weighted by atomic mass is 10.1. The normalized spacial score (nSPS) is 11.5. The molecule has 0 bridgehead atoms. The molecule has 0 saturated heterocycles. The fourth-order valence-electron chi connectivity index (χ4n) is 3.64. The number of fused-ring (bicyclic) bond motifs is 2. The van der Waals surface area contributed by atoms with E-state index in [4.69, 9.17) is 9.54 Å². The van der Waals surface area contributed by atoms with E-state index in [1.54, 1.807) is 12.1 Å². The number of nitrogens with zero attached hydrogens (tertiary/aromatic N) is 1. The number of anilines is 4. The standard InChI is InChI=1S/C25H26N4O3S.CH4O3S/c1-3-4-15-33(31,32)29-19-11-9-18(10-12-19)27-25-21-7-5-6-8-23(21)28-24-16-20(26-17(2)30)13-14-22(24)25;1-5(2,3)4/h5-14,16,29H,3-4,15H2,1-2H3,(H,26,30)(H,27,28);1H3,(H,2,3,4). The van der Waals surface area contributed by atoms with Gasteiger partial charge >= 0.3 is 0 Å². The number of sulfonamides is 1. The molecule has 0 unspecified atom stereocenters. The molecule has 0 aliphatic heterocycles. The van der Waals surface area contributed by atoms with Crippen molar-refractivity contribution in [1.82, 2.24) is 4.98 Å². The van der Waals surface area contributed by atoms with E-state index in [0.29, 0.717) is 24.1 Å². The first-order chi connectivity index (χ1) is 17.8. The average Bonchev–Trinajstić information content (AvgIpc) is 2.82. The predicted octanol–water partition coefficient (Wildman–Crippen LogP) is 5.14. The number of hydrogen-bond acceptors (Lipinski definition) is 7. The summed E-state index contributed by atoms with van der Waals surface area (Å²) in [5, 5.41) is 8.14. The Morgan fingerprint density at radius 2 is 1.45 bits per heavy atom. The molecule has 0 radical (unpaired) electrons. The first-order valence-corrected chi connectivity index (χ1v) is 15.2. The van der Waals surface area contributed by atoms with Crippen LogP contribution in [0, 0.1) is 0 Å². The maximum Gasteiger partial charge on any atom is 0.261 e. The summed E-state index contributed by atoms with van der Waals surface area (Å²) in [4.78, 5) is 16.2. The Kier molecular flexibility index (Phi) is 9.26. The van der Waals surface area contributed by atoms with E-state index in [1.165, 1.54) is 6.92 Å². The minimum Gasteiger partial charge on any atom is -0.354 e. The van der Waals surface area contributed by atoms with E-state index in [9.17, 15) is 21.6 Å². The fraction of sp³-hybridized carbons (Fsp3) is 0.231. The van der Waals surface area contributed by atoms with Crippen molar-refractivity contribution in [3.05, 3.63) is 66.7 Å². The van der Waals surface area contributed by atoms with Gasteiger partial charge in [-0.3, -0.25) is 14.1 Å². The molecule has 0 aliphatic rings. The van der Waals surface area contributed by atoms with E-state index < -0.39 is 20.1 Å². The Balaban J connectivity index is 0.000000732. The third kappa shape index (κ3) is 8.68. The second-order valence-electron chi connectivity index (χ2n) is 8.63. The highest BCUT2D eigenvalue weighted by Gasteiger charge is 2.12. The van der Waals surface area contributed by atoms with Crippen molar-refractivity contribution in [3.63, 3.8) is 0 Å². The van der Waals surface area contributed by atoms with Crippen LogP contribution in [0.4, 0.5) is 22.7 Å². The van der Waals surface area contributed by atoms with Gasteiger partial charge in [-0.25, -0.2) is 13.4 Å². The predicted molar refractivity (Wildman–Crippen MR) is 153 cm³/mol. The van der Waals surface area contributed by atoms with Gasteiger partial charge in [-0.2, -0.15) is 8.42 Å². The van der Waals surface area contributed by atoms with Gasteiger partial charge in [-0.05, 0) is 55.0 Å². The van der Waals surface area contributed by atoms with Crippen molar-refractivity contribution >= 4 is 70.6 Å². The summed E-state index contributed by atoms with van der Waals surface area (Å²) < 4.78 is 52.8. The zero-order valence-corrected chi connectivity index (χ0v) is 22.9. The summed E-state index contributed by atoms with van der Waals surface area (Å²) >= 11 is 0. The molecule has 1 heterocycles. The highest BCUT2D eigenvalue weighted by Crippen LogP contribution is 2.34. The lowest BCUT2D eigenvalue weighted by molar-refractivity contribution is -0.114. The van der Waals surface area contributed by atoms with Gasteiger partial charge in [0.15, 0.2) is 0 Å². The fourth-order valence-corrected chi connectivity index (χ4v) is 4.91. The first-order valence-electron chi connectivity index (χ1n) is 11.7. The molecule has 10 nitrogen and oxygen atoms in total. The molecule has 38 heavy (non-hydrogen) atoms. The van der Waals surface area contributed by atoms with Crippen LogP contribution in [0.2, 0.25) is 0 Å². The lowest BCUT2D eigenvalue weighted by Crippen LogP contribution is -2.16. The van der Waals surface area contributed by atoms with Crippen LogP contribution in [0.25, 0.3) is 21.8 Å². The first kappa shape index (κ1) is 28.8. The van der Waals surface area contributed by atoms with E-state index in [-0.39, 0.29) is 11.7 Å². The van der Waals surface area contributed by atoms with Crippen molar-refractivity contribution < 1.29 is 26.2 Å². The van der Waals surface area contributed by atoms with Crippen LogP contribution >= 0.6 is 0 Å². The molecule has 3 aromatic carbocycles. The van der Waals surface area contributed by atoms with Crippen LogP contribution in [0.1, 0.15) is 26.7 Å². The minimum absolute atomic E-state index is 0.110. The van der Waals surface area contributed by atoms with Gasteiger partial charge in [-0.15, -0.1) is 0 Å². The van der Waals surface area contributed by atoms with Gasteiger partial charge in [0.25, 0.3) is 10.1 Å². The summed E-state index contributed by atoms with van der Waals surface area (Å²) in [6.07, 6.45) is 2.16. The number of pyridine rings is 1. The van der Waals surface area contributed by atoms with Crippen molar-refractivity contribution in [2.75, 3.05) is 27.4 Å². The van der Waals surface area contributed by atoms with E-state index in [2.05, 4.69) is 15.4 Å². The maximum absolute atomic E-state index is 12.2. The molecular weight excluding hydrogens is 528 g/mol. The number of para-hydroxylation sites is 1. The number of carbonyl (C=O) groups excluding carboxylic acids is 1. The van der Waals surface area contributed by atoms with Crippen molar-refractivity contribution in [2.45, 2.75) is 26.7 Å². The zero-order valence-electron chi connectivity index (χ0n) is 21.2. The van der Waals surface area contributed by atoms with Crippen LogP contribution in [-0.2, 0) is 24.9 Å². The molecule has 0 aliphatic carbocycles. The lowest BCUT2D eigenvalue weighted by Gasteiger charge is -2.15. The summed E-state index contributed by atoms with van der Waals surface area (Å²) in [7, 11) is -7.01. The van der Waals surface area contributed by atoms with Crippen LogP contribution in [-0.4, -0.2) is 44.3 Å². The topological polar surface area (TPSA) is 155 Å². The third-order valence-electron chi connectivity index (χ3n) is 5.20. The number of amides is 1. The number of carbonyl (C=O) groups is 1. The van der Waals surface area contributed by atoms with E-state index in [1.807, 2.05) is 61.5 Å². The van der Waals surface area contributed by atoms with Crippen molar-refractivity contribution in [1.29, 1.82) is 0 Å². The summed E-state index contributed by atoms with van der Waals surface area (Å²) in [5.41, 5.74) is 4.50. The van der Waals surface area contributed by atoms with Crippen molar-refractivity contribution in [3.8, 4) is 0 Å². The van der Waals surface area contributed by atoms with E-state index >= 15 is 0 Å². The Bertz CT molecular complexity index is 1650. The van der Waals surface area contributed by atoms with Gasteiger partial charge < -0.3 is 10.6 Å². The smallest absolute Gasteiger partial charge is 0.261 e. The van der Waals surface area contributed by atoms with Crippen LogP contribution < -0.4 is 15.4 Å². The number of nitrogens with one attached hydrogen (secondary N) is 3. The minimum atomic E-state index is -3.67. The molecule has 4 N–H and O–H groups in total. The SMILES string of the molecule is CCCCS(=O)(=O)Nc1ccc(Nc2c3ccccc3nc3cc(NC(C)=O)ccc23)cc1.CS(=O)(=O)O. The van der Waals surface area contributed by atoms with Crippen LogP contribution in [0.5, 0.6) is 0 Å². The van der Waals surface area contributed by atoms with Crippen LogP contribution in [0.3, 0.4) is 0 Å². The molecular formula is C26H30N4O6S2. The molecule has 1 amide bonds. The van der Waals surface area contributed by atoms with Gasteiger partial charge in [0, 0.05) is 34.8 Å². The molecule has 202 valence electrons. The Hall–Kier alpha value is -3.74. The maximum atomic E-state index is 12.2. The highest BCUT2D eigenvalue weighted by molar-refractivity contribution is 7.92. The van der Waals surface area contributed by atoms with Gasteiger partial charge in [0.2, 0.25) is 15.9 Å². The zero-order chi connectivity index (χ0) is 27.9. The summed E-state index contributed by atoms with van der Waals surface area (Å²) in [6, 6.07) is 20.6. The molecule has 12 heteroatoms. The van der Waals surface area contributed by atoms with Gasteiger partial charge in [0.05, 0.1) is 28.7 Å². The van der Waals surface area contributed by atoms with E-state index in [0.717, 1.165) is 39.6 Å². The number of unbranched alkanes of at least 4 members (excludes halogenated alkanes) is 1. The number of rotatable bonds is 8. The largest absolute Gasteiger partial charge is 0.354 e. The highest BCUT2D eigenvalue weighted by atomic mass is 32.2. The third-order valence-corrected chi connectivity index (χ3v) is 6.57. The Morgan fingerprint density at radius 3 is 2.08 bits per heavy atom. The Labute approximate surface area is 222 Å². The molecule has 4 aromatic rings. The quantitative estimate of drug-likeness (QED) is 0.171. The molecule has 4 rings (SSSR count). The second kappa shape index (κ2) is 12.2. The van der Waals surface area contributed by atoms with Gasteiger partial charge in [-0.1, -0.05) is 31.5 Å². The van der Waals surface area contributed by atoms with Crippen molar-refractivity contribution in [2.24, 2.45) is 0 Å². The molecule has 0 spiro atoms. The number of aromatic nitrogens is 1. The van der Waals surface area contributed by atoms with Gasteiger partial charge in [0.1, 0.15) is 0 Å².